The summed E-state index contributed by atoms with van der Waals surface area (Å²) in [7, 11) is -0.314. The first-order valence-corrected chi connectivity index (χ1v) is 19.4. The van der Waals surface area contributed by atoms with Gasteiger partial charge in [-0.15, -0.1) is 0 Å². The Morgan fingerprint density at radius 2 is 1.12 bits per heavy atom. The van der Waals surface area contributed by atoms with Crippen LogP contribution in [0.25, 0.3) is 0 Å². The van der Waals surface area contributed by atoms with Crippen molar-refractivity contribution in [3.8, 4) is 0 Å². The first kappa shape index (κ1) is 27.0. The van der Waals surface area contributed by atoms with Gasteiger partial charge in [-0.3, -0.25) is 0 Å². The molecule has 1 unspecified atom stereocenters. The van der Waals surface area contributed by atoms with Gasteiger partial charge in [0.1, 0.15) is 0 Å². The molecule has 5 heteroatoms. The molecular formula is C29H30Cl2PSiTi. The van der Waals surface area contributed by atoms with E-state index in [1.54, 1.807) is 12.7 Å². The van der Waals surface area contributed by atoms with Crippen LogP contribution < -0.4 is 40.0 Å². The minimum absolute atomic E-state index is 0. The number of hydrogen-bond donors (Lipinski definition) is 0. The molecule has 0 amide bonds. The molecule has 0 nitrogen and oxygen atoms in total. The molecule has 0 saturated carbocycles. The molecule has 0 aliphatic heterocycles. The van der Waals surface area contributed by atoms with Crippen molar-refractivity contribution in [3.63, 3.8) is 0 Å². The summed E-state index contributed by atoms with van der Waals surface area (Å²) >= 11 is -4.14. The van der Waals surface area contributed by atoms with E-state index in [1.165, 1.54) is 11.6 Å². The standard InChI is InChI=1S/C7H11Si.3C6H5.C4H4P.2ClH.Ti/c1-8(2)7-5-3-4-6-7;3*1-2-4-6-5-3-1;1-2-4-5-3-1;;;/h3,5,8H,4H2,1-2H3;3*1-5H;1-3,5H;2*1H;/q;;;;;;;+2/p-2. The van der Waals surface area contributed by atoms with Gasteiger partial charge in [-0.05, 0) is 0 Å². The van der Waals surface area contributed by atoms with Gasteiger partial charge in [-0.1, -0.05) is 0 Å². The molecule has 4 aromatic rings. The Hall–Kier alpha value is -1.57. The van der Waals surface area contributed by atoms with Gasteiger partial charge < -0.3 is 24.8 Å². The summed E-state index contributed by atoms with van der Waals surface area (Å²) in [4.78, 5) is 0. The molecule has 1 atom stereocenters. The van der Waals surface area contributed by atoms with E-state index in [4.69, 9.17) is 0 Å². The SMILES string of the molecule is C[SiH](C)C1=[C]([Ti+2]([c]2ccccc2)([c]2ccccc2)([c]2ccccc2)[c]2ccc[pH]2)CC=C1.[Cl-].[Cl-]. The fourth-order valence-corrected chi connectivity index (χ4v) is 26.8. The molecule has 0 spiro atoms. The molecule has 173 valence electrons. The van der Waals surface area contributed by atoms with Crippen LogP contribution in [0.3, 0.4) is 0 Å². The van der Waals surface area contributed by atoms with Gasteiger partial charge in [0.05, 0.1) is 0 Å². The maximum absolute atomic E-state index is 4.14. The van der Waals surface area contributed by atoms with E-state index in [0.29, 0.717) is 0 Å². The maximum Gasteiger partial charge on any atom is -1.00 e. The summed E-state index contributed by atoms with van der Waals surface area (Å²) in [6.45, 7) is 4.99. The first-order chi connectivity index (χ1) is 15.7. The zero-order chi connectivity index (χ0) is 22.0. The molecule has 1 heterocycles. The van der Waals surface area contributed by atoms with E-state index >= 15 is 0 Å². The van der Waals surface area contributed by atoms with Gasteiger partial charge in [0.2, 0.25) is 0 Å². The van der Waals surface area contributed by atoms with E-state index in [-0.39, 0.29) is 24.8 Å². The molecule has 1 aliphatic carbocycles. The molecule has 5 rings (SSSR count). The third-order valence-electron chi connectivity index (χ3n) is 7.38. The first-order valence-electron chi connectivity index (χ1n) is 11.6. The van der Waals surface area contributed by atoms with Crippen molar-refractivity contribution in [1.82, 2.24) is 0 Å². The fraction of sp³-hybridized carbons (Fsp3) is 0.103. The maximum atomic E-state index is 2.50. The third-order valence-corrected chi connectivity index (χ3v) is 24.8. The van der Waals surface area contributed by atoms with E-state index in [2.05, 4.69) is 134 Å². The summed E-state index contributed by atoms with van der Waals surface area (Å²) in [5.74, 6) is 2.39. The summed E-state index contributed by atoms with van der Waals surface area (Å²) in [6.07, 6.45) is 6.00. The van der Waals surface area contributed by atoms with Gasteiger partial charge in [0.25, 0.3) is 0 Å². The quantitative estimate of drug-likeness (QED) is 0.275. The number of hydrogen-bond acceptors (Lipinski definition) is 0. The van der Waals surface area contributed by atoms with E-state index < -0.39 is 24.1 Å². The average Bonchev–Trinajstić information content (AvgIpc) is 3.56. The zero-order valence-corrected chi connectivity index (χ0v) is 24.8. The Balaban J connectivity index is 0.00000162. The Labute approximate surface area is 220 Å². The van der Waals surface area contributed by atoms with Crippen LogP contribution in [0.2, 0.25) is 13.1 Å². The van der Waals surface area contributed by atoms with Crippen molar-refractivity contribution in [2.45, 2.75) is 19.5 Å². The molecule has 1 aliphatic rings. The van der Waals surface area contributed by atoms with E-state index in [9.17, 15) is 0 Å². The molecule has 0 radical (unpaired) electrons. The molecule has 0 bridgehead atoms. The summed E-state index contributed by atoms with van der Waals surface area (Å²) in [5, 5.41) is 1.68. The molecule has 3 aromatic carbocycles. The van der Waals surface area contributed by atoms with Crippen molar-refractivity contribution in [2.75, 3.05) is 0 Å². The number of allylic oxidation sites excluding steroid dienone is 4. The summed E-state index contributed by atoms with van der Waals surface area (Å²) in [5.41, 5.74) is 0. The minimum Gasteiger partial charge on any atom is -1.00 e. The molecule has 0 fully saturated rings. The van der Waals surface area contributed by atoms with E-state index in [1.807, 2.05) is 0 Å². The van der Waals surface area contributed by atoms with Crippen molar-refractivity contribution in [1.29, 1.82) is 0 Å². The molecular weight excluding hydrogens is 526 g/mol. The van der Waals surface area contributed by atoms with Gasteiger partial charge in [-0.2, -0.15) is 0 Å². The van der Waals surface area contributed by atoms with Crippen molar-refractivity contribution < 1.29 is 40.1 Å². The molecule has 34 heavy (non-hydrogen) atoms. The summed E-state index contributed by atoms with van der Waals surface area (Å²) < 4.78 is 8.02. The topological polar surface area (TPSA) is 0 Å². The van der Waals surface area contributed by atoms with Gasteiger partial charge in [-0.25, -0.2) is 0 Å². The van der Waals surface area contributed by atoms with Crippen LogP contribution >= 0.6 is 8.19 Å². The smallest absolute Gasteiger partial charge is 1.00 e. The van der Waals surface area contributed by atoms with Crippen molar-refractivity contribution in [2.24, 2.45) is 0 Å². The minimum atomic E-state index is -4.14. The van der Waals surface area contributed by atoms with Crippen LogP contribution in [0.4, 0.5) is 0 Å². The Morgan fingerprint density at radius 3 is 1.50 bits per heavy atom. The number of halogens is 2. The second-order valence-corrected chi connectivity index (χ2v) is 22.4. The van der Waals surface area contributed by atoms with Crippen LogP contribution in [0, 0.1) is 0 Å². The van der Waals surface area contributed by atoms with Crippen LogP contribution in [-0.4, -0.2) is 8.80 Å². The predicted octanol–water partition coefficient (Wildman–Crippen LogP) is -0.743. The number of benzene rings is 3. The predicted molar refractivity (Wildman–Crippen MR) is 143 cm³/mol. The van der Waals surface area contributed by atoms with Crippen LogP contribution in [0.1, 0.15) is 6.42 Å². The number of rotatable bonds is 6. The second-order valence-electron chi connectivity index (χ2n) is 9.13. The van der Waals surface area contributed by atoms with Crippen LogP contribution in [-0.2, 0) is 15.3 Å². The monoisotopic (exact) mass is 555 g/mol. The molecule has 0 saturated heterocycles. The Kier molecular flexibility index (Phi) is 8.75. The summed E-state index contributed by atoms with van der Waals surface area (Å²) in [6, 6.07) is 39.4. The Morgan fingerprint density at radius 1 is 0.647 bits per heavy atom. The van der Waals surface area contributed by atoms with Gasteiger partial charge in [0.15, 0.2) is 0 Å². The van der Waals surface area contributed by atoms with Crippen molar-refractivity contribution in [3.05, 3.63) is 130 Å². The molecule has 0 N–H and O–H groups in total. The largest absolute Gasteiger partial charge is 1.00 e. The van der Waals surface area contributed by atoms with Crippen LogP contribution in [0.5, 0.6) is 0 Å². The van der Waals surface area contributed by atoms with Crippen LogP contribution in [0.15, 0.2) is 130 Å². The van der Waals surface area contributed by atoms with Gasteiger partial charge in [0, 0.05) is 0 Å². The normalized spacial score (nSPS) is 13.8. The molecule has 1 aromatic heterocycles. The second kappa shape index (κ2) is 11.0. The van der Waals surface area contributed by atoms with E-state index in [0.717, 1.165) is 14.6 Å². The Bertz CT molecular complexity index is 1170. The average molecular weight is 556 g/mol. The van der Waals surface area contributed by atoms with Gasteiger partial charge >= 0.3 is 197 Å². The third kappa shape index (κ3) is 3.79. The zero-order valence-electron chi connectivity index (χ0n) is 19.6. The van der Waals surface area contributed by atoms with Crippen molar-refractivity contribution >= 4 is 32.2 Å². The fourth-order valence-electron chi connectivity index (χ4n) is 6.16.